The predicted octanol–water partition coefficient (Wildman–Crippen LogP) is 4.79. The Balaban J connectivity index is 2.39. The van der Waals surface area contributed by atoms with Gasteiger partial charge in [0, 0.05) is 5.56 Å². The fourth-order valence-corrected chi connectivity index (χ4v) is 3.18. The molecule has 0 atom stereocenters. The summed E-state index contributed by atoms with van der Waals surface area (Å²) in [6.45, 7) is 7.56. The molecule has 0 unspecified atom stereocenters. The van der Waals surface area contributed by atoms with Crippen molar-refractivity contribution in [3.63, 3.8) is 0 Å². The van der Waals surface area contributed by atoms with Crippen LogP contribution in [-0.4, -0.2) is 20.4 Å². The highest BCUT2D eigenvalue weighted by Gasteiger charge is 2.24. The Morgan fingerprint density at radius 3 is 2.07 bits per heavy atom. The Bertz CT molecular complexity index is 1240. The van der Waals surface area contributed by atoms with Crippen LogP contribution in [0.25, 0.3) is 21.9 Å². The first-order valence-electron chi connectivity index (χ1n) is 9.27. The van der Waals surface area contributed by atoms with Gasteiger partial charge < -0.3 is 24.8 Å². The number of phenols is 4. The monoisotopic (exact) mass is 396 g/mol. The number of allylic oxidation sites excluding steroid dienone is 4. The van der Waals surface area contributed by atoms with E-state index in [0.717, 1.165) is 11.1 Å². The summed E-state index contributed by atoms with van der Waals surface area (Å²) in [6.07, 6.45) is 4.22. The van der Waals surface area contributed by atoms with Gasteiger partial charge in [0.2, 0.25) is 11.2 Å². The van der Waals surface area contributed by atoms with Crippen molar-refractivity contribution in [1.29, 1.82) is 0 Å². The van der Waals surface area contributed by atoms with E-state index in [9.17, 15) is 25.2 Å². The highest BCUT2D eigenvalue weighted by atomic mass is 16.4. The van der Waals surface area contributed by atoms with Gasteiger partial charge in [-0.15, -0.1) is 0 Å². The van der Waals surface area contributed by atoms with E-state index in [1.165, 1.54) is 6.07 Å². The van der Waals surface area contributed by atoms with Crippen LogP contribution in [0, 0.1) is 0 Å². The van der Waals surface area contributed by atoms with Crippen LogP contribution in [-0.2, 0) is 12.8 Å². The van der Waals surface area contributed by atoms with E-state index >= 15 is 0 Å². The van der Waals surface area contributed by atoms with Crippen molar-refractivity contribution < 1.29 is 24.8 Å². The van der Waals surface area contributed by atoms with E-state index < -0.39 is 22.7 Å². The van der Waals surface area contributed by atoms with Crippen molar-refractivity contribution >= 4 is 21.9 Å². The molecule has 1 aromatic heterocycles. The first-order chi connectivity index (χ1) is 13.6. The summed E-state index contributed by atoms with van der Waals surface area (Å²) in [5, 5.41) is 41.7. The molecule has 0 saturated carbocycles. The first-order valence-corrected chi connectivity index (χ1v) is 9.27. The van der Waals surface area contributed by atoms with Crippen LogP contribution < -0.4 is 5.43 Å². The molecule has 0 fully saturated rings. The number of benzene rings is 2. The first kappa shape index (κ1) is 20.3. The zero-order chi connectivity index (χ0) is 21.5. The van der Waals surface area contributed by atoms with Crippen molar-refractivity contribution in [2.75, 3.05) is 0 Å². The van der Waals surface area contributed by atoms with Crippen molar-refractivity contribution in [3.8, 4) is 23.0 Å². The number of fused-ring (bicyclic) bond motifs is 2. The number of aromatic hydroxyl groups is 4. The van der Waals surface area contributed by atoms with Gasteiger partial charge in [-0.2, -0.15) is 0 Å². The third kappa shape index (κ3) is 3.53. The molecule has 3 rings (SSSR count). The molecular weight excluding hydrogens is 372 g/mol. The van der Waals surface area contributed by atoms with Crippen molar-refractivity contribution in [3.05, 3.63) is 56.8 Å². The lowest BCUT2D eigenvalue weighted by molar-refractivity contribution is 0.390. The zero-order valence-electron chi connectivity index (χ0n) is 16.8. The molecule has 0 radical (unpaired) electrons. The predicted molar refractivity (Wildman–Crippen MR) is 113 cm³/mol. The molecule has 152 valence electrons. The third-order valence-corrected chi connectivity index (χ3v) is 4.81. The lowest BCUT2D eigenvalue weighted by Crippen LogP contribution is -2.05. The maximum Gasteiger partial charge on any atom is 0.208 e. The van der Waals surface area contributed by atoms with Gasteiger partial charge in [-0.25, -0.2) is 0 Å². The topological polar surface area (TPSA) is 111 Å². The van der Waals surface area contributed by atoms with Gasteiger partial charge in [-0.1, -0.05) is 29.4 Å². The van der Waals surface area contributed by atoms with Gasteiger partial charge in [-0.05, 0) is 52.2 Å². The van der Waals surface area contributed by atoms with Crippen LogP contribution in [0.5, 0.6) is 23.0 Å². The summed E-state index contributed by atoms with van der Waals surface area (Å²) < 4.78 is 5.60. The SMILES string of the molecule is CC(C)=CCc1ccc2oc3c(O)c(O)c(CC=C(C)C)c(O)c3c(=O)c2c1O. The summed E-state index contributed by atoms with van der Waals surface area (Å²) in [6, 6.07) is 3.15. The molecule has 1 heterocycles. The van der Waals surface area contributed by atoms with E-state index in [1.807, 2.05) is 33.8 Å². The molecule has 0 saturated heterocycles. The fourth-order valence-electron chi connectivity index (χ4n) is 3.18. The molecule has 6 nitrogen and oxygen atoms in total. The van der Waals surface area contributed by atoms with Gasteiger partial charge in [-0.3, -0.25) is 4.79 Å². The van der Waals surface area contributed by atoms with Gasteiger partial charge in [0.1, 0.15) is 27.9 Å². The minimum atomic E-state index is -0.677. The summed E-state index contributed by atoms with van der Waals surface area (Å²) in [4.78, 5) is 13.2. The molecule has 0 bridgehead atoms. The third-order valence-electron chi connectivity index (χ3n) is 4.81. The number of rotatable bonds is 4. The quantitative estimate of drug-likeness (QED) is 0.218. The maximum absolute atomic E-state index is 13.2. The average Bonchev–Trinajstić information content (AvgIpc) is 2.64. The minimum absolute atomic E-state index is 0.0167. The lowest BCUT2D eigenvalue weighted by Gasteiger charge is -2.13. The molecule has 0 aliphatic carbocycles. The second-order valence-corrected chi connectivity index (χ2v) is 7.58. The Labute approximate surface area is 167 Å². The van der Waals surface area contributed by atoms with Crippen LogP contribution in [0.3, 0.4) is 0 Å². The highest BCUT2D eigenvalue weighted by Crippen LogP contribution is 2.44. The Hall–Kier alpha value is -3.41. The van der Waals surface area contributed by atoms with Crippen LogP contribution in [0.1, 0.15) is 38.8 Å². The highest BCUT2D eigenvalue weighted by molar-refractivity contribution is 6.00. The van der Waals surface area contributed by atoms with E-state index in [2.05, 4.69) is 0 Å². The van der Waals surface area contributed by atoms with Crippen LogP contribution >= 0.6 is 0 Å². The minimum Gasteiger partial charge on any atom is -0.507 e. The summed E-state index contributed by atoms with van der Waals surface area (Å²) in [5.41, 5.74) is 1.61. The van der Waals surface area contributed by atoms with Crippen LogP contribution in [0.15, 0.2) is 44.6 Å². The van der Waals surface area contributed by atoms with Gasteiger partial charge >= 0.3 is 0 Å². The normalized spacial score (nSPS) is 11.0. The number of hydrogen-bond acceptors (Lipinski definition) is 6. The van der Waals surface area contributed by atoms with E-state index in [0.29, 0.717) is 12.0 Å². The van der Waals surface area contributed by atoms with Gasteiger partial charge in [0.25, 0.3) is 0 Å². The van der Waals surface area contributed by atoms with Gasteiger partial charge in [0.15, 0.2) is 11.3 Å². The van der Waals surface area contributed by atoms with E-state index in [-0.39, 0.29) is 39.7 Å². The lowest BCUT2D eigenvalue weighted by atomic mass is 10.00. The van der Waals surface area contributed by atoms with Crippen LogP contribution in [0.4, 0.5) is 0 Å². The molecule has 0 aliphatic rings. The molecule has 0 aliphatic heterocycles. The maximum atomic E-state index is 13.2. The molecule has 0 spiro atoms. The Kier molecular flexibility index (Phi) is 5.29. The second kappa shape index (κ2) is 7.54. The van der Waals surface area contributed by atoms with Crippen molar-refractivity contribution in [2.45, 2.75) is 40.5 Å². The Morgan fingerprint density at radius 2 is 1.45 bits per heavy atom. The van der Waals surface area contributed by atoms with Gasteiger partial charge in [0.05, 0.1) is 0 Å². The van der Waals surface area contributed by atoms with E-state index in [1.54, 1.807) is 12.1 Å². The second-order valence-electron chi connectivity index (χ2n) is 7.58. The fraction of sp³-hybridized carbons (Fsp3) is 0.261. The summed E-state index contributed by atoms with van der Waals surface area (Å²) >= 11 is 0. The Morgan fingerprint density at radius 1 is 0.828 bits per heavy atom. The molecule has 2 aromatic carbocycles. The summed E-state index contributed by atoms with van der Waals surface area (Å²) in [5.74, 6) is -1.87. The molecule has 6 heteroatoms. The number of phenolic OH excluding ortho intramolecular Hbond substituents is 4. The smallest absolute Gasteiger partial charge is 0.208 e. The molecular formula is C23H24O6. The largest absolute Gasteiger partial charge is 0.507 e. The zero-order valence-corrected chi connectivity index (χ0v) is 16.8. The van der Waals surface area contributed by atoms with Crippen molar-refractivity contribution in [1.82, 2.24) is 0 Å². The van der Waals surface area contributed by atoms with Crippen molar-refractivity contribution in [2.24, 2.45) is 0 Å². The summed E-state index contributed by atoms with van der Waals surface area (Å²) in [7, 11) is 0. The molecule has 29 heavy (non-hydrogen) atoms. The molecule has 4 N–H and O–H groups in total. The average molecular weight is 396 g/mol. The van der Waals surface area contributed by atoms with Crippen LogP contribution in [0.2, 0.25) is 0 Å². The van der Waals surface area contributed by atoms with E-state index in [4.69, 9.17) is 4.42 Å². The number of hydrogen-bond donors (Lipinski definition) is 4. The molecule has 0 amide bonds. The molecule has 3 aromatic rings. The standard InChI is InChI=1S/C23H24O6/c1-11(2)5-7-13-8-10-15-16(18(13)24)21(27)17-19(25)14(9-6-12(3)4)20(26)22(28)23(17)29-15/h5-6,8,10,24-26,28H,7,9H2,1-4H3.